The number of carbonyl (C=O) groups excluding carboxylic acids is 6. The predicted molar refractivity (Wildman–Crippen MR) is 261 cm³/mol. The van der Waals surface area contributed by atoms with Gasteiger partial charge in [-0.25, -0.2) is 4.79 Å². The minimum atomic E-state index is -1.32. The fourth-order valence-corrected chi connectivity index (χ4v) is 8.78. The van der Waals surface area contributed by atoms with Crippen LogP contribution in [0.2, 0.25) is 0 Å². The summed E-state index contributed by atoms with van der Waals surface area (Å²) in [6.45, 7) is 11.4. The van der Waals surface area contributed by atoms with Crippen molar-refractivity contribution >= 4 is 35.5 Å². The first-order valence-electron chi connectivity index (χ1n) is 23.2. The summed E-state index contributed by atoms with van der Waals surface area (Å²) in [5.74, 6) is -3.68. The molecule has 0 fully saturated rings. The summed E-state index contributed by atoms with van der Waals surface area (Å²) < 4.78 is 11.9. The van der Waals surface area contributed by atoms with Crippen LogP contribution in [-0.2, 0) is 39.0 Å². The number of carbonyl (C=O) groups is 6. The van der Waals surface area contributed by atoms with Crippen molar-refractivity contribution in [3.63, 3.8) is 0 Å². The fraction of sp³-hybridized carbons (Fsp3) is 0.345. The van der Waals surface area contributed by atoms with Gasteiger partial charge in [-0.15, -0.1) is 0 Å². The molecule has 6 rings (SSSR count). The van der Waals surface area contributed by atoms with Crippen molar-refractivity contribution in [2.24, 2.45) is 5.92 Å². The number of benzene rings is 5. The zero-order chi connectivity index (χ0) is 49.0. The fourth-order valence-electron chi connectivity index (χ4n) is 8.78. The van der Waals surface area contributed by atoms with Gasteiger partial charge in [-0.3, -0.25) is 24.0 Å². The van der Waals surface area contributed by atoms with E-state index in [1.165, 1.54) is 6.92 Å². The summed E-state index contributed by atoms with van der Waals surface area (Å²) in [6.07, 6.45) is -1.58. The Hall–Kier alpha value is -7.12. The Kier molecular flexibility index (Phi) is 16.7. The van der Waals surface area contributed by atoms with E-state index in [2.05, 4.69) is 26.6 Å². The number of fused-ring (bicyclic) bond motifs is 3. The average Bonchev–Trinajstić information content (AvgIpc) is 3.65. The molecule has 0 bridgehead atoms. The van der Waals surface area contributed by atoms with Crippen molar-refractivity contribution in [1.29, 1.82) is 0 Å². The molecular formula is C55H63N5O8. The number of ether oxygens (including phenoxy) is 2. The van der Waals surface area contributed by atoms with Crippen molar-refractivity contribution in [1.82, 2.24) is 26.6 Å². The summed E-state index contributed by atoms with van der Waals surface area (Å²) in [5, 5.41) is 13.9. The zero-order valence-electron chi connectivity index (χ0n) is 39.8. The minimum Gasteiger partial charge on any atom is -0.449 e. The Morgan fingerprint density at radius 1 is 0.603 bits per heavy atom. The molecule has 5 amide bonds. The number of rotatable bonds is 20. The van der Waals surface area contributed by atoms with Gasteiger partial charge in [0.2, 0.25) is 23.6 Å². The van der Waals surface area contributed by atoms with Gasteiger partial charge in [-0.05, 0) is 79.5 Å². The van der Waals surface area contributed by atoms with E-state index in [9.17, 15) is 28.8 Å². The molecule has 0 saturated heterocycles. The molecule has 5 aromatic carbocycles. The second kappa shape index (κ2) is 22.6. The monoisotopic (exact) mass is 921 g/mol. The van der Waals surface area contributed by atoms with E-state index in [4.69, 9.17) is 9.47 Å². The number of Topliss-reactive ketones (excluding diaryl/α,β-unsaturated/α-hetero) is 1. The molecule has 0 aromatic heterocycles. The smallest absolute Gasteiger partial charge is 0.407 e. The van der Waals surface area contributed by atoms with Gasteiger partial charge in [0.1, 0.15) is 24.2 Å². The third-order valence-corrected chi connectivity index (χ3v) is 12.3. The highest BCUT2D eigenvalue weighted by molar-refractivity contribution is 5.96. The highest BCUT2D eigenvalue weighted by atomic mass is 16.5. The van der Waals surface area contributed by atoms with Crippen LogP contribution in [0, 0.1) is 5.92 Å². The van der Waals surface area contributed by atoms with E-state index >= 15 is 0 Å². The third kappa shape index (κ3) is 12.3. The van der Waals surface area contributed by atoms with Crippen molar-refractivity contribution < 1.29 is 38.2 Å². The van der Waals surface area contributed by atoms with Crippen LogP contribution < -0.4 is 26.6 Å². The van der Waals surface area contributed by atoms with Crippen LogP contribution in [0.15, 0.2) is 140 Å². The lowest BCUT2D eigenvalue weighted by Gasteiger charge is -2.37. The number of ketones is 1. The van der Waals surface area contributed by atoms with Crippen LogP contribution in [0.5, 0.6) is 0 Å². The molecule has 13 heteroatoms. The lowest BCUT2D eigenvalue weighted by Crippen LogP contribution is -2.60. The standard InChI is InChI=1S/C55H63N5O8/c1-8-35(2)49(59-53(66)67-34-45-43-30-20-18-28-41(43)42-29-19-21-31-44(42)45)52(65)58-50(37(4)68-54(5,6)7)51(64)56-33-48(63)57-46(36(3)61)32-47(62)60-55(38-22-12-9-13-23-38,39-24-14-10-15-25-39)40-26-16-11-17-27-40/h9-31,35,37,45-46,49-50H,8,32-34H2,1-7H3,(H,56,64)(H,57,63)(H,58,65)(H,59,66)(H,60,62)/t35-,37+,46-,49-,50-/m0/s1. The maximum absolute atomic E-state index is 14.1. The van der Waals surface area contributed by atoms with Gasteiger partial charge in [-0.1, -0.05) is 160 Å². The summed E-state index contributed by atoms with van der Waals surface area (Å²) in [5.41, 5.74) is 4.72. The number of nitrogens with one attached hydrogen (secondary N) is 5. The van der Waals surface area contributed by atoms with Crippen LogP contribution in [0.4, 0.5) is 4.79 Å². The molecule has 68 heavy (non-hydrogen) atoms. The lowest BCUT2D eigenvalue weighted by atomic mass is 9.77. The molecule has 0 spiro atoms. The Morgan fingerprint density at radius 2 is 1.09 bits per heavy atom. The predicted octanol–water partition coefficient (Wildman–Crippen LogP) is 7.32. The summed E-state index contributed by atoms with van der Waals surface area (Å²) in [6, 6.07) is 40.8. The van der Waals surface area contributed by atoms with Gasteiger partial charge in [0.05, 0.1) is 30.7 Å². The molecule has 5 aromatic rings. The van der Waals surface area contributed by atoms with E-state index in [0.717, 1.165) is 38.9 Å². The van der Waals surface area contributed by atoms with Crippen molar-refractivity contribution in [2.75, 3.05) is 13.2 Å². The molecule has 5 atom stereocenters. The van der Waals surface area contributed by atoms with Crippen LogP contribution in [0.1, 0.15) is 95.0 Å². The van der Waals surface area contributed by atoms with E-state index in [-0.39, 0.29) is 18.4 Å². The maximum atomic E-state index is 14.1. The van der Waals surface area contributed by atoms with Crippen LogP contribution in [0.3, 0.4) is 0 Å². The molecule has 356 valence electrons. The summed E-state index contributed by atoms with van der Waals surface area (Å²) in [4.78, 5) is 82.2. The SMILES string of the molecule is CC[C@H](C)[C@H](NC(=O)OCC1c2ccccc2-c2ccccc21)C(=O)N[C@H](C(=O)NCC(=O)N[C@@H](CC(=O)NC(c1ccccc1)(c1ccccc1)c1ccccc1)C(C)=O)[C@@H](C)OC(C)(C)C. The van der Waals surface area contributed by atoms with Gasteiger partial charge in [0, 0.05) is 5.92 Å². The highest BCUT2D eigenvalue weighted by Gasteiger charge is 2.39. The van der Waals surface area contributed by atoms with E-state index in [0.29, 0.717) is 6.42 Å². The Bertz CT molecular complexity index is 2400. The molecule has 1 aliphatic carbocycles. The second-order valence-corrected chi connectivity index (χ2v) is 18.3. The second-order valence-electron chi connectivity index (χ2n) is 18.3. The highest BCUT2D eigenvalue weighted by Crippen LogP contribution is 2.44. The van der Waals surface area contributed by atoms with Gasteiger partial charge in [0.15, 0.2) is 5.78 Å². The molecule has 5 N–H and O–H groups in total. The average molecular weight is 922 g/mol. The lowest BCUT2D eigenvalue weighted by molar-refractivity contribution is -0.139. The maximum Gasteiger partial charge on any atom is 0.407 e. The van der Waals surface area contributed by atoms with Crippen molar-refractivity contribution in [3.05, 3.63) is 167 Å². The Morgan fingerprint density at radius 3 is 1.56 bits per heavy atom. The normalized spacial score (nSPS) is 14.4. The first kappa shape index (κ1) is 50.3. The van der Waals surface area contributed by atoms with Gasteiger partial charge < -0.3 is 36.1 Å². The first-order chi connectivity index (χ1) is 32.5. The number of alkyl carbamates (subject to hydrolysis) is 1. The molecule has 0 saturated carbocycles. The quantitative estimate of drug-likeness (QED) is 0.0504. The number of hydrogen-bond acceptors (Lipinski definition) is 8. The van der Waals surface area contributed by atoms with Gasteiger partial charge in [0.25, 0.3) is 0 Å². The molecule has 0 heterocycles. The van der Waals surface area contributed by atoms with E-state index in [1.807, 2.05) is 146 Å². The van der Waals surface area contributed by atoms with E-state index in [1.54, 1.807) is 34.6 Å². The molecule has 1 aliphatic rings. The van der Waals surface area contributed by atoms with Crippen molar-refractivity contribution in [3.8, 4) is 11.1 Å². The van der Waals surface area contributed by atoms with Crippen LogP contribution in [0.25, 0.3) is 11.1 Å². The molecular weight excluding hydrogens is 859 g/mol. The topological polar surface area (TPSA) is 181 Å². The number of amides is 5. The molecule has 0 radical (unpaired) electrons. The third-order valence-electron chi connectivity index (χ3n) is 12.3. The van der Waals surface area contributed by atoms with Gasteiger partial charge in [-0.2, -0.15) is 0 Å². The molecule has 13 nitrogen and oxygen atoms in total. The van der Waals surface area contributed by atoms with Crippen LogP contribution in [-0.4, -0.2) is 78.5 Å². The zero-order valence-corrected chi connectivity index (χ0v) is 39.8. The molecule has 0 aliphatic heterocycles. The first-order valence-corrected chi connectivity index (χ1v) is 23.2. The molecule has 0 unspecified atom stereocenters. The number of hydrogen-bond donors (Lipinski definition) is 5. The Balaban J connectivity index is 1.12. The summed E-state index contributed by atoms with van der Waals surface area (Å²) >= 11 is 0. The van der Waals surface area contributed by atoms with E-state index < -0.39 is 83.8 Å². The van der Waals surface area contributed by atoms with Crippen LogP contribution >= 0.6 is 0 Å². The Labute approximate surface area is 399 Å². The van der Waals surface area contributed by atoms with Crippen molar-refractivity contribution in [2.45, 2.75) is 103 Å². The van der Waals surface area contributed by atoms with Gasteiger partial charge >= 0.3 is 6.09 Å². The largest absolute Gasteiger partial charge is 0.449 e. The minimum absolute atomic E-state index is 0.0449. The summed E-state index contributed by atoms with van der Waals surface area (Å²) in [7, 11) is 0.